The van der Waals surface area contributed by atoms with Gasteiger partial charge in [-0.3, -0.25) is 4.68 Å². The van der Waals surface area contributed by atoms with Gasteiger partial charge in [-0.25, -0.2) is 4.68 Å². The lowest BCUT2D eigenvalue weighted by molar-refractivity contribution is -0.173. The van der Waals surface area contributed by atoms with Crippen LogP contribution in [0.25, 0.3) is 0 Å². The summed E-state index contributed by atoms with van der Waals surface area (Å²) in [6, 6.07) is -0.478. The number of nitrogens with zero attached hydrogens (tertiary/aromatic N) is 4. The Morgan fingerprint density at radius 1 is 1.40 bits per heavy atom. The number of hydrogen-bond donors (Lipinski definition) is 1. The molecule has 0 unspecified atom stereocenters. The molecule has 0 bridgehead atoms. The Kier molecular flexibility index (Phi) is 2.77. The largest absolute Gasteiger partial charge is 0.410 e. The molecule has 0 radical (unpaired) electrons. The molecule has 0 spiro atoms. The van der Waals surface area contributed by atoms with Crippen LogP contribution in [-0.2, 0) is 7.05 Å². The van der Waals surface area contributed by atoms with E-state index in [4.69, 9.17) is 0 Å². The molecule has 0 saturated carbocycles. The second-order valence-electron chi connectivity index (χ2n) is 4.99. The van der Waals surface area contributed by atoms with Crippen LogP contribution in [0.15, 0.2) is 18.5 Å². The standard InChI is InChI=1S/C12H14F3N5/c1-7-8(6-19(2)18-7)9-5-10(12(13,14)15)20-11(17-9)3-4-16-20/h3-4,6,9-10,17H,5H2,1-2H3/t9-,10+/m1/s1. The second kappa shape index (κ2) is 4.26. The smallest absolute Gasteiger partial charge is 0.363 e. The fraction of sp³-hybridized carbons (Fsp3) is 0.500. The highest BCUT2D eigenvalue weighted by atomic mass is 19.4. The van der Waals surface area contributed by atoms with Crippen molar-refractivity contribution < 1.29 is 13.2 Å². The lowest BCUT2D eigenvalue weighted by atomic mass is 9.97. The summed E-state index contributed by atoms with van der Waals surface area (Å²) in [7, 11) is 1.75. The molecule has 3 rings (SSSR count). The van der Waals surface area contributed by atoms with Crippen molar-refractivity contribution >= 4 is 5.82 Å². The molecule has 1 N–H and O–H groups in total. The number of fused-ring (bicyclic) bond motifs is 1. The normalized spacial score (nSPS) is 22.4. The van der Waals surface area contributed by atoms with Gasteiger partial charge >= 0.3 is 6.18 Å². The molecule has 2 atom stereocenters. The van der Waals surface area contributed by atoms with Gasteiger partial charge in [-0.1, -0.05) is 0 Å². The first-order chi connectivity index (χ1) is 9.36. The number of hydrogen-bond acceptors (Lipinski definition) is 3. The molecule has 0 aliphatic carbocycles. The number of rotatable bonds is 1. The summed E-state index contributed by atoms with van der Waals surface area (Å²) in [5.41, 5.74) is 1.52. The summed E-state index contributed by atoms with van der Waals surface area (Å²) in [5, 5.41) is 11.1. The van der Waals surface area contributed by atoms with E-state index in [0.29, 0.717) is 5.82 Å². The zero-order valence-corrected chi connectivity index (χ0v) is 11.0. The Morgan fingerprint density at radius 3 is 2.75 bits per heavy atom. The Labute approximate surface area is 113 Å². The summed E-state index contributed by atoms with van der Waals surface area (Å²) in [5.74, 6) is 0.381. The minimum Gasteiger partial charge on any atom is -0.363 e. The Hall–Kier alpha value is -1.99. The van der Waals surface area contributed by atoms with Crippen molar-refractivity contribution in [2.75, 3.05) is 5.32 Å². The highest BCUT2D eigenvalue weighted by molar-refractivity contribution is 5.42. The average molecular weight is 285 g/mol. The number of halogens is 3. The van der Waals surface area contributed by atoms with E-state index in [1.54, 1.807) is 30.9 Å². The molecule has 1 aliphatic rings. The van der Waals surface area contributed by atoms with Crippen LogP contribution in [0.3, 0.4) is 0 Å². The van der Waals surface area contributed by atoms with Gasteiger partial charge in [0, 0.05) is 31.3 Å². The molecular weight excluding hydrogens is 271 g/mol. The van der Waals surface area contributed by atoms with Crippen molar-refractivity contribution in [3.63, 3.8) is 0 Å². The van der Waals surface area contributed by atoms with Crippen LogP contribution >= 0.6 is 0 Å². The molecule has 5 nitrogen and oxygen atoms in total. The van der Waals surface area contributed by atoms with Crippen LogP contribution in [0.2, 0.25) is 0 Å². The fourth-order valence-electron chi connectivity index (χ4n) is 2.67. The zero-order chi connectivity index (χ0) is 14.5. The molecular formula is C12H14F3N5. The summed E-state index contributed by atoms with van der Waals surface area (Å²) < 4.78 is 42.2. The summed E-state index contributed by atoms with van der Waals surface area (Å²) in [6.07, 6.45) is -1.28. The van der Waals surface area contributed by atoms with Crippen molar-refractivity contribution in [3.05, 3.63) is 29.7 Å². The highest BCUT2D eigenvalue weighted by Crippen LogP contribution is 2.43. The van der Waals surface area contributed by atoms with E-state index in [2.05, 4.69) is 15.5 Å². The van der Waals surface area contributed by atoms with Crippen molar-refractivity contribution in [2.45, 2.75) is 31.6 Å². The molecule has 2 aromatic rings. The first-order valence-corrected chi connectivity index (χ1v) is 6.23. The first-order valence-electron chi connectivity index (χ1n) is 6.23. The van der Waals surface area contributed by atoms with Gasteiger partial charge in [0.05, 0.1) is 17.9 Å². The monoisotopic (exact) mass is 285 g/mol. The van der Waals surface area contributed by atoms with Gasteiger partial charge in [0.15, 0.2) is 6.04 Å². The minimum atomic E-state index is -4.32. The van der Waals surface area contributed by atoms with Crippen LogP contribution in [0.1, 0.15) is 29.8 Å². The van der Waals surface area contributed by atoms with Crippen molar-refractivity contribution in [3.8, 4) is 0 Å². The van der Waals surface area contributed by atoms with Gasteiger partial charge in [0.1, 0.15) is 5.82 Å². The third-order valence-corrected chi connectivity index (χ3v) is 3.55. The Bertz CT molecular complexity index is 627. The number of nitrogens with one attached hydrogen (secondary N) is 1. The average Bonchev–Trinajstić information content (AvgIpc) is 2.92. The molecule has 0 aromatic carbocycles. The van der Waals surface area contributed by atoms with Gasteiger partial charge < -0.3 is 5.32 Å². The number of alkyl halides is 3. The minimum absolute atomic E-state index is 0.0925. The Morgan fingerprint density at radius 2 is 2.15 bits per heavy atom. The number of anilines is 1. The summed E-state index contributed by atoms with van der Waals surface area (Å²) in [4.78, 5) is 0. The quantitative estimate of drug-likeness (QED) is 0.876. The predicted octanol–water partition coefficient (Wildman–Crippen LogP) is 2.59. The van der Waals surface area contributed by atoms with Crippen molar-refractivity contribution in [1.82, 2.24) is 19.6 Å². The fourth-order valence-corrected chi connectivity index (χ4v) is 2.67. The van der Waals surface area contributed by atoms with Crippen LogP contribution in [0, 0.1) is 6.92 Å². The van der Waals surface area contributed by atoms with E-state index in [1.165, 1.54) is 6.20 Å². The summed E-state index contributed by atoms with van der Waals surface area (Å²) in [6.45, 7) is 1.80. The third-order valence-electron chi connectivity index (χ3n) is 3.55. The lowest BCUT2D eigenvalue weighted by Crippen LogP contribution is -2.35. The van der Waals surface area contributed by atoms with Gasteiger partial charge in [-0.15, -0.1) is 0 Å². The molecule has 2 aromatic heterocycles. The van der Waals surface area contributed by atoms with Crippen LogP contribution in [0.4, 0.5) is 19.0 Å². The van der Waals surface area contributed by atoms with Gasteiger partial charge in [0.2, 0.25) is 0 Å². The van der Waals surface area contributed by atoms with Gasteiger partial charge in [-0.05, 0) is 6.92 Å². The topological polar surface area (TPSA) is 47.7 Å². The Balaban J connectivity index is 2.00. The molecule has 20 heavy (non-hydrogen) atoms. The van der Waals surface area contributed by atoms with E-state index in [9.17, 15) is 13.2 Å². The molecule has 3 heterocycles. The van der Waals surface area contributed by atoms with Crippen LogP contribution in [0.5, 0.6) is 0 Å². The summed E-state index contributed by atoms with van der Waals surface area (Å²) >= 11 is 0. The van der Waals surface area contributed by atoms with E-state index in [1.807, 2.05) is 0 Å². The van der Waals surface area contributed by atoms with Crippen LogP contribution in [-0.4, -0.2) is 25.7 Å². The number of aromatic nitrogens is 4. The highest BCUT2D eigenvalue weighted by Gasteiger charge is 2.46. The van der Waals surface area contributed by atoms with Gasteiger partial charge in [-0.2, -0.15) is 23.4 Å². The maximum atomic E-state index is 13.2. The van der Waals surface area contributed by atoms with Gasteiger partial charge in [0.25, 0.3) is 0 Å². The zero-order valence-electron chi connectivity index (χ0n) is 11.0. The third kappa shape index (κ3) is 2.04. The predicted molar refractivity (Wildman–Crippen MR) is 66.2 cm³/mol. The van der Waals surface area contributed by atoms with E-state index in [0.717, 1.165) is 15.9 Å². The maximum Gasteiger partial charge on any atom is 0.410 e. The second-order valence-corrected chi connectivity index (χ2v) is 4.99. The molecule has 1 aliphatic heterocycles. The van der Waals surface area contributed by atoms with E-state index in [-0.39, 0.29) is 6.42 Å². The molecule has 0 fully saturated rings. The SMILES string of the molecule is Cc1nn(C)cc1[C@H]1C[C@@H](C(F)(F)F)n2nccc2N1. The number of aryl methyl sites for hydroxylation is 2. The lowest BCUT2D eigenvalue weighted by Gasteiger charge is -2.33. The van der Waals surface area contributed by atoms with Crippen LogP contribution < -0.4 is 5.32 Å². The molecule has 0 amide bonds. The first kappa shape index (κ1) is 13.0. The maximum absolute atomic E-state index is 13.2. The van der Waals surface area contributed by atoms with Crippen molar-refractivity contribution in [2.24, 2.45) is 7.05 Å². The van der Waals surface area contributed by atoms with Crippen molar-refractivity contribution in [1.29, 1.82) is 0 Å². The molecule has 0 saturated heterocycles. The molecule has 108 valence electrons. The molecule has 8 heteroatoms. The van der Waals surface area contributed by atoms with E-state index < -0.39 is 18.3 Å². The van der Waals surface area contributed by atoms with E-state index >= 15 is 0 Å².